The summed E-state index contributed by atoms with van der Waals surface area (Å²) < 4.78 is 4.92. The second kappa shape index (κ2) is 6.35. The molecule has 0 aromatic heterocycles. The number of carbonyl (C=O) groups excluding carboxylic acids is 1. The number of hydrogen-bond acceptors (Lipinski definition) is 4. The van der Waals surface area contributed by atoms with E-state index in [1.807, 2.05) is 19.1 Å². The van der Waals surface area contributed by atoms with Crippen LogP contribution < -0.4 is 0 Å². The molecular formula is C13H16O3S. The predicted octanol–water partition coefficient (Wildman–Crippen LogP) is 3.34. The largest absolute Gasteiger partial charge is 0.507 e. The molecule has 0 fully saturated rings. The van der Waals surface area contributed by atoms with E-state index < -0.39 is 0 Å². The molecule has 0 unspecified atom stereocenters. The molecule has 0 spiro atoms. The van der Waals surface area contributed by atoms with E-state index in [-0.39, 0.29) is 11.7 Å². The highest BCUT2D eigenvalue weighted by molar-refractivity contribution is 8.03. The average Bonchev–Trinajstić information content (AvgIpc) is 2.31. The number of allylic oxidation sites excluding steroid dienone is 1. The zero-order valence-electron chi connectivity index (χ0n) is 10.2. The van der Waals surface area contributed by atoms with Crippen molar-refractivity contribution in [3.8, 4) is 5.75 Å². The van der Waals surface area contributed by atoms with E-state index in [0.29, 0.717) is 12.2 Å². The van der Waals surface area contributed by atoms with Gasteiger partial charge in [0.1, 0.15) is 5.75 Å². The van der Waals surface area contributed by atoms with E-state index in [9.17, 15) is 9.90 Å². The predicted molar refractivity (Wildman–Crippen MR) is 69.0 cm³/mol. The van der Waals surface area contributed by atoms with E-state index in [4.69, 9.17) is 4.74 Å². The molecule has 4 heteroatoms. The van der Waals surface area contributed by atoms with E-state index >= 15 is 0 Å². The number of aromatic hydroxyl groups is 1. The van der Waals surface area contributed by atoms with Gasteiger partial charge in [0.15, 0.2) is 0 Å². The Morgan fingerprint density at radius 2 is 2.00 bits per heavy atom. The molecule has 0 aliphatic carbocycles. The van der Waals surface area contributed by atoms with E-state index in [1.165, 1.54) is 11.8 Å². The maximum absolute atomic E-state index is 11.5. The van der Waals surface area contributed by atoms with Crippen molar-refractivity contribution >= 4 is 17.7 Å². The maximum atomic E-state index is 11.5. The Hall–Kier alpha value is -1.42. The van der Waals surface area contributed by atoms with Crippen LogP contribution in [0.5, 0.6) is 5.75 Å². The molecule has 17 heavy (non-hydrogen) atoms. The van der Waals surface area contributed by atoms with E-state index in [2.05, 4.69) is 0 Å². The molecular weight excluding hydrogens is 236 g/mol. The fourth-order valence-corrected chi connectivity index (χ4v) is 2.05. The second-order valence-electron chi connectivity index (χ2n) is 3.47. The van der Waals surface area contributed by atoms with Crippen LogP contribution in [0.15, 0.2) is 39.6 Å². The Morgan fingerprint density at radius 3 is 2.59 bits per heavy atom. The summed E-state index contributed by atoms with van der Waals surface area (Å²) in [5, 5.41) is 9.62. The summed E-state index contributed by atoms with van der Waals surface area (Å²) in [4.78, 5) is 13.1. The van der Waals surface area contributed by atoms with Crippen LogP contribution in [0.25, 0.3) is 0 Å². The molecule has 0 amide bonds. The Balaban J connectivity index is 2.84. The molecule has 92 valence electrons. The van der Waals surface area contributed by atoms with Crippen molar-refractivity contribution in [3.05, 3.63) is 34.7 Å². The lowest BCUT2D eigenvalue weighted by Gasteiger charge is -2.08. The van der Waals surface area contributed by atoms with Crippen LogP contribution in [0.3, 0.4) is 0 Å². The molecule has 0 aliphatic heterocycles. The number of hydrogen-bond donors (Lipinski definition) is 1. The highest BCUT2D eigenvalue weighted by Crippen LogP contribution is 2.34. The minimum Gasteiger partial charge on any atom is -0.507 e. The van der Waals surface area contributed by atoms with Gasteiger partial charge >= 0.3 is 5.97 Å². The lowest BCUT2D eigenvalue weighted by atomic mass is 10.3. The van der Waals surface area contributed by atoms with Crippen molar-refractivity contribution in [2.24, 2.45) is 0 Å². The first-order chi connectivity index (χ1) is 8.06. The zero-order chi connectivity index (χ0) is 12.8. The molecule has 0 saturated carbocycles. The van der Waals surface area contributed by atoms with Gasteiger partial charge in [-0.25, -0.2) is 4.79 Å². The third kappa shape index (κ3) is 3.82. The number of esters is 1. The van der Waals surface area contributed by atoms with Crippen LogP contribution in [0.2, 0.25) is 0 Å². The minimum absolute atomic E-state index is 0.216. The van der Waals surface area contributed by atoms with Gasteiger partial charge in [-0.1, -0.05) is 23.9 Å². The first-order valence-corrected chi connectivity index (χ1v) is 6.18. The van der Waals surface area contributed by atoms with Gasteiger partial charge < -0.3 is 9.84 Å². The number of thioether (sulfide) groups is 1. The first kappa shape index (κ1) is 13.6. The summed E-state index contributed by atoms with van der Waals surface area (Å²) in [6, 6.07) is 7.03. The summed E-state index contributed by atoms with van der Waals surface area (Å²) in [5.74, 6) is -0.0959. The Kier molecular flexibility index (Phi) is 5.10. The normalized spacial score (nSPS) is 11.9. The molecule has 0 heterocycles. The average molecular weight is 252 g/mol. The van der Waals surface area contributed by atoms with Gasteiger partial charge in [0.2, 0.25) is 0 Å². The van der Waals surface area contributed by atoms with Crippen LogP contribution in [0, 0.1) is 0 Å². The lowest BCUT2D eigenvalue weighted by Crippen LogP contribution is -2.06. The highest BCUT2D eigenvalue weighted by atomic mass is 32.2. The molecule has 0 radical (unpaired) electrons. The number of carbonyl (C=O) groups is 1. The lowest BCUT2D eigenvalue weighted by molar-refractivity contribution is -0.138. The Bertz CT molecular complexity index is 438. The summed E-state index contributed by atoms with van der Waals surface area (Å²) >= 11 is 1.36. The van der Waals surface area contributed by atoms with Crippen molar-refractivity contribution in [3.63, 3.8) is 0 Å². The third-order valence-corrected chi connectivity index (χ3v) is 3.42. The summed E-state index contributed by atoms with van der Waals surface area (Å²) in [6.45, 7) is 5.70. The standard InChI is InChI=1S/C13H16O3S/c1-4-16-13(15)9(2)10(3)17-12-8-6-5-7-11(12)14/h5-8,14H,4H2,1-3H3/b10-9+. The topological polar surface area (TPSA) is 46.5 Å². The van der Waals surface area contributed by atoms with Crippen LogP contribution in [0.1, 0.15) is 20.8 Å². The first-order valence-electron chi connectivity index (χ1n) is 5.36. The molecule has 3 nitrogen and oxygen atoms in total. The minimum atomic E-state index is -0.312. The molecule has 0 atom stereocenters. The zero-order valence-corrected chi connectivity index (χ0v) is 11.0. The van der Waals surface area contributed by atoms with Gasteiger partial charge in [0, 0.05) is 5.57 Å². The van der Waals surface area contributed by atoms with E-state index in [0.717, 1.165) is 9.80 Å². The quantitative estimate of drug-likeness (QED) is 0.507. The van der Waals surface area contributed by atoms with Gasteiger partial charge in [0.25, 0.3) is 0 Å². The van der Waals surface area contributed by atoms with Gasteiger partial charge in [-0.3, -0.25) is 0 Å². The highest BCUT2D eigenvalue weighted by Gasteiger charge is 2.10. The van der Waals surface area contributed by atoms with Crippen LogP contribution in [-0.4, -0.2) is 17.7 Å². The van der Waals surface area contributed by atoms with Gasteiger partial charge in [-0.05, 0) is 37.8 Å². The van der Waals surface area contributed by atoms with Crippen molar-refractivity contribution in [2.75, 3.05) is 6.61 Å². The molecule has 1 aromatic carbocycles. The smallest absolute Gasteiger partial charge is 0.334 e. The molecule has 1 N–H and O–H groups in total. The summed E-state index contributed by atoms with van der Waals surface area (Å²) in [7, 11) is 0. The van der Waals surface area contributed by atoms with Crippen molar-refractivity contribution in [1.29, 1.82) is 0 Å². The summed E-state index contributed by atoms with van der Waals surface area (Å²) in [5.41, 5.74) is 0.570. The molecule has 0 aliphatic rings. The monoisotopic (exact) mass is 252 g/mol. The number of phenols is 1. The van der Waals surface area contributed by atoms with Crippen molar-refractivity contribution in [1.82, 2.24) is 0 Å². The van der Waals surface area contributed by atoms with Crippen LogP contribution >= 0.6 is 11.8 Å². The molecule has 0 bridgehead atoms. The number of rotatable bonds is 4. The third-order valence-electron chi connectivity index (χ3n) is 2.24. The molecule has 0 saturated heterocycles. The second-order valence-corrected chi connectivity index (χ2v) is 4.73. The fourth-order valence-electron chi connectivity index (χ4n) is 1.17. The number of phenolic OH excluding ortho intramolecular Hbond substituents is 1. The maximum Gasteiger partial charge on any atom is 0.334 e. The van der Waals surface area contributed by atoms with Gasteiger partial charge in [-0.2, -0.15) is 0 Å². The Morgan fingerprint density at radius 1 is 1.35 bits per heavy atom. The van der Waals surface area contributed by atoms with E-state index in [1.54, 1.807) is 26.0 Å². The van der Waals surface area contributed by atoms with Crippen molar-refractivity contribution in [2.45, 2.75) is 25.7 Å². The number of benzene rings is 1. The van der Waals surface area contributed by atoms with Crippen LogP contribution in [-0.2, 0) is 9.53 Å². The van der Waals surface area contributed by atoms with Gasteiger partial charge in [-0.15, -0.1) is 0 Å². The molecule has 1 aromatic rings. The SMILES string of the molecule is CCOC(=O)/C(C)=C(\C)Sc1ccccc1O. The Labute approximate surface area is 105 Å². The molecule has 1 rings (SSSR count). The van der Waals surface area contributed by atoms with Gasteiger partial charge in [0.05, 0.1) is 11.5 Å². The van der Waals surface area contributed by atoms with Crippen molar-refractivity contribution < 1.29 is 14.6 Å². The number of ether oxygens (including phenoxy) is 1. The summed E-state index contributed by atoms with van der Waals surface area (Å²) in [6.07, 6.45) is 0. The van der Waals surface area contributed by atoms with Crippen LogP contribution in [0.4, 0.5) is 0 Å². The fraction of sp³-hybridized carbons (Fsp3) is 0.308. The number of para-hydroxylation sites is 1.